The second kappa shape index (κ2) is 7.54. The summed E-state index contributed by atoms with van der Waals surface area (Å²) in [6.07, 6.45) is 1.10. The predicted octanol–water partition coefficient (Wildman–Crippen LogP) is 6.09. The highest BCUT2D eigenvalue weighted by atomic mass is 35.5. The predicted molar refractivity (Wildman–Crippen MR) is 112 cm³/mol. The number of ketones is 1. The number of carbonyl (C=O) groups excluding carboxylic acids is 1. The molecule has 0 bridgehead atoms. The first kappa shape index (κ1) is 18.9. The van der Waals surface area contributed by atoms with Crippen molar-refractivity contribution in [2.75, 3.05) is 0 Å². The summed E-state index contributed by atoms with van der Waals surface area (Å²) < 4.78 is 0. The third-order valence-corrected chi connectivity index (χ3v) is 6.16. The van der Waals surface area contributed by atoms with Gasteiger partial charge < -0.3 is 0 Å². The molecule has 140 valence electrons. The molecule has 0 N–H and O–H groups in total. The van der Waals surface area contributed by atoms with Gasteiger partial charge in [-0.05, 0) is 42.5 Å². The van der Waals surface area contributed by atoms with Gasteiger partial charge in [0.25, 0.3) is 0 Å². The summed E-state index contributed by atoms with van der Waals surface area (Å²) in [5, 5.41) is 10.8. The Kier molecular flexibility index (Phi) is 5.10. The van der Waals surface area contributed by atoms with E-state index in [0.717, 1.165) is 22.5 Å². The molecular formula is C23H18Cl2N2O. The van der Waals surface area contributed by atoms with Crippen LogP contribution in [0.2, 0.25) is 10.0 Å². The molecule has 28 heavy (non-hydrogen) atoms. The van der Waals surface area contributed by atoms with E-state index in [4.69, 9.17) is 23.2 Å². The Bertz CT molecular complexity index is 1050. The maximum Gasteiger partial charge on any atom is 0.161 e. The van der Waals surface area contributed by atoms with Crippen molar-refractivity contribution in [2.24, 2.45) is 10.9 Å². The third kappa shape index (κ3) is 3.28. The molecule has 1 heterocycles. The quantitative estimate of drug-likeness (QED) is 0.603. The van der Waals surface area contributed by atoms with Crippen molar-refractivity contribution in [3.63, 3.8) is 0 Å². The zero-order valence-electron chi connectivity index (χ0n) is 15.3. The molecule has 2 aliphatic rings. The Morgan fingerprint density at radius 2 is 1.86 bits per heavy atom. The fraction of sp³-hybridized carbons (Fsp3) is 0.261. The summed E-state index contributed by atoms with van der Waals surface area (Å²) in [5.74, 6) is -0.785. The van der Waals surface area contributed by atoms with E-state index in [1.54, 1.807) is 12.1 Å². The highest BCUT2D eigenvalue weighted by Crippen LogP contribution is 2.47. The van der Waals surface area contributed by atoms with E-state index < -0.39 is 11.8 Å². The SMILES string of the molecule is CC1=NC2=C(C(=O)C[C@H](c3ccccc3)C2)[C@@H](c2ccc(Cl)cc2Cl)C1C#N. The number of halogens is 2. The molecule has 0 fully saturated rings. The second-order valence-corrected chi connectivity index (χ2v) is 8.15. The van der Waals surface area contributed by atoms with Crippen LogP contribution in [-0.4, -0.2) is 11.5 Å². The Balaban J connectivity index is 1.83. The average Bonchev–Trinajstić information content (AvgIpc) is 2.67. The number of rotatable bonds is 2. The number of aliphatic imine (C=N–C) groups is 1. The summed E-state index contributed by atoms with van der Waals surface area (Å²) in [5.41, 5.74) is 4.03. The number of carbonyl (C=O) groups is 1. The van der Waals surface area contributed by atoms with Gasteiger partial charge in [0.05, 0.1) is 12.0 Å². The molecule has 0 amide bonds. The van der Waals surface area contributed by atoms with Crippen LogP contribution in [0.5, 0.6) is 0 Å². The molecule has 0 aromatic heterocycles. The molecule has 0 saturated heterocycles. The Morgan fingerprint density at radius 3 is 2.54 bits per heavy atom. The lowest BCUT2D eigenvalue weighted by molar-refractivity contribution is -0.116. The number of benzene rings is 2. The molecule has 0 saturated carbocycles. The van der Waals surface area contributed by atoms with Gasteiger partial charge in [-0.3, -0.25) is 9.79 Å². The van der Waals surface area contributed by atoms with Crippen molar-refractivity contribution >= 4 is 34.7 Å². The number of hydrogen-bond donors (Lipinski definition) is 0. The number of hydrogen-bond acceptors (Lipinski definition) is 3. The van der Waals surface area contributed by atoms with Crippen molar-refractivity contribution in [3.05, 3.63) is 81.0 Å². The van der Waals surface area contributed by atoms with E-state index in [-0.39, 0.29) is 11.7 Å². The molecule has 1 aliphatic heterocycles. The zero-order valence-corrected chi connectivity index (χ0v) is 16.8. The van der Waals surface area contributed by atoms with Gasteiger partial charge in [0.2, 0.25) is 0 Å². The van der Waals surface area contributed by atoms with Crippen LogP contribution in [-0.2, 0) is 4.79 Å². The summed E-state index contributed by atoms with van der Waals surface area (Å²) >= 11 is 12.5. The van der Waals surface area contributed by atoms with E-state index in [2.05, 4.69) is 23.2 Å². The average molecular weight is 409 g/mol. The first-order valence-electron chi connectivity index (χ1n) is 9.20. The van der Waals surface area contributed by atoms with E-state index in [1.165, 1.54) is 0 Å². The van der Waals surface area contributed by atoms with Gasteiger partial charge in [0.1, 0.15) is 0 Å². The van der Waals surface area contributed by atoms with Crippen LogP contribution in [0.1, 0.15) is 42.7 Å². The first-order chi connectivity index (χ1) is 13.5. The lowest BCUT2D eigenvalue weighted by Crippen LogP contribution is -2.32. The smallest absolute Gasteiger partial charge is 0.161 e. The molecule has 0 radical (unpaired) electrons. The van der Waals surface area contributed by atoms with Crippen LogP contribution < -0.4 is 0 Å². The second-order valence-electron chi connectivity index (χ2n) is 7.30. The topological polar surface area (TPSA) is 53.2 Å². The van der Waals surface area contributed by atoms with E-state index in [0.29, 0.717) is 28.5 Å². The molecule has 2 aromatic rings. The van der Waals surface area contributed by atoms with Gasteiger partial charge >= 0.3 is 0 Å². The van der Waals surface area contributed by atoms with Crippen molar-refractivity contribution in [1.29, 1.82) is 5.26 Å². The van der Waals surface area contributed by atoms with E-state index in [9.17, 15) is 10.1 Å². The summed E-state index contributed by atoms with van der Waals surface area (Å²) in [7, 11) is 0. The highest BCUT2D eigenvalue weighted by Gasteiger charge is 2.42. The molecule has 2 aromatic carbocycles. The number of allylic oxidation sites excluding steroid dienone is 2. The minimum atomic E-state index is -0.519. The highest BCUT2D eigenvalue weighted by molar-refractivity contribution is 6.35. The Labute approximate surface area is 174 Å². The van der Waals surface area contributed by atoms with Crippen LogP contribution in [0.4, 0.5) is 0 Å². The molecule has 1 aliphatic carbocycles. The van der Waals surface area contributed by atoms with Gasteiger partial charge in [-0.2, -0.15) is 5.26 Å². The van der Waals surface area contributed by atoms with Crippen molar-refractivity contribution in [3.8, 4) is 6.07 Å². The lowest BCUT2D eigenvalue weighted by Gasteiger charge is -2.35. The molecular weight excluding hydrogens is 391 g/mol. The lowest BCUT2D eigenvalue weighted by atomic mass is 9.69. The van der Waals surface area contributed by atoms with Gasteiger partial charge in [-0.1, -0.05) is 59.6 Å². The zero-order chi connectivity index (χ0) is 19.8. The summed E-state index contributed by atoms with van der Waals surface area (Å²) in [6, 6.07) is 17.6. The molecule has 0 spiro atoms. The minimum Gasteiger partial charge on any atom is -0.294 e. The largest absolute Gasteiger partial charge is 0.294 e. The molecule has 4 rings (SSSR count). The van der Waals surface area contributed by atoms with Crippen molar-refractivity contribution in [1.82, 2.24) is 0 Å². The van der Waals surface area contributed by atoms with Gasteiger partial charge in [-0.25, -0.2) is 0 Å². The van der Waals surface area contributed by atoms with E-state index in [1.807, 2.05) is 31.2 Å². The van der Waals surface area contributed by atoms with Crippen LogP contribution in [0.25, 0.3) is 0 Å². The Hall–Kier alpha value is -2.41. The fourth-order valence-corrected chi connectivity index (χ4v) is 4.80. The van der Waals surface area contributed by atoms with Gasteiger partial charge in [0.15, 0.2) is 5.78 Å². The standard InChI is InChI=1S/C23H18Cl2N2O/c1-13-18(12-26)22(17-8-7-16(24)11-19(17)25)23-20(27-13)9-15(10-21(23)28)14-5-3-2-4-6-14/h2-8,11,15,18,22H,9-10H2,1H3/t15-,18?,22+/m1/s1. The first-order valence-corrected chi connectivity index (χ1v) is 9.96. The van der Waals surface area contributed by atoms with E-state index >= 15 is 0 Å². The van der Waals surface area contributed by atoms with Gasteiger partial charge in [-0.15, -0.1) is 0 Å². The molecule has 3 atom stereocenters. The number of nitrogens with zero attached hydrogens (tertiary/aromatic N) is 2. The Morgan fingerprint density at radius 1 is 1.11 bits per heavy atom. The van der Waals surface area contributed by atoms with Crippen LogP contribution >= 0.6 is 23.2 Å². The number of Topliss-reactive ketones (excluding diaryl/α,β-unsaturated/α-hetero) is 1. The van der Waals surface area contributed by atoms with Gasteiger partial charge in [0, 0.05) is 39.4 Å². The normalized spacial score (nSPS) is 24.4. The molecule has 1 unspecified atom stereocenters. The maximum atomic E-state index is 13.2. The van der Waals surface area contributed by atoms with Crippen LogP contribution in [0.3, 0.4) is 0 Å². The van der Waals surface area contributed by atoms with Crippen molar-refractivity contribution < 1.29 is 4.79 Å². The van der Waals surface area contributed by atoms with Crippen molar-refractivity contribution in [2.45, 2.75) is 31.6 Å². The van der Waals surface area contributed by atoms with Crippen LogP contribution in [0.15, 0.2) is 64.8 Å². The number of nitriles is 1. The third-order valence-electron chi connectivity index (χ3n) is 5.60. The molecule has 3 nitrogen and oxygen atoms in total. The summed E-state index contributed by atoms with van der Waals surface area (Å²) in [6.45, 7) is 1.85. The minimum absolute atomic E-state index is 0.0441. The summed E-state index contributed by atoms with van der Waals surface area (Å²) in [4.78, 5) is 17.9. The maximum absolute atomic E-state index is 13.2. The van der Waals surface area contributed by atoms with Crippen LogP contribution in [0, 0.1) is 17.2 Å². The molecule has 5 heteroatoms. The fourth-order valence-electron chi connectivity index (χ4n) is 4.28. The monoisotopic (exact) mass is 408 g/mol.